The maximum atomic E-state index is 14.4. The van der Waals surface area contributed by atoms with Crippen molar-refractivity contribution < 1.29 is 28.6 Å². The number of carbonyl (C=O) groups excluding carboxylic acids is 3. The zero-order chi connectivity index (χ0) is 32.3. The van der Waals surface area contributed by atoms with Crippen molar-refractivity contribution >= 4 is 29.2 Å². The number of amides is 2. The van der Waals surface area contributed by atoms with Crippen LogP contribution in [0.15, 0.2) is 85.5 Å². The van der Waals surface area contributed by atoms with Crippen LogP contribution in [0.3, 0.4) is 0 Å². The molecule has 0 unspecified atom stereocenters. The number of hydrogen-bond donors (Lipinski definition) is 0. The number of carbonyl (C=O) groups is 3. The van der Waals surface area contributed by atoms with Crippen molar-refractivity contribution in [3.8, 4) is 17.2 Å². The number of rotatable bonds is 15. The summed E-state index contributed by atoms with van der Waals surface area (Å²) in [6, 6.07) is 18.6. The van der Waals surface area contributed by atoms with Gasteiger partial charge in [-0.25, -0.2) is 4.98 Å². The highest BCUT2D eigenvalue weighted by Gasteiger charge is 2.34. The van der Waals surface area contributed by atoms with Crippen molar-refractivity contribution in [3.63, 3.8) is 0 Å². The lowest BCUT2D eigenvalue weighted by molar-refractivity contribution is -0.143. The SMILES string of the molecule is COc1cc(C(=O)C(=O)N(C)[C@@H](Cc2ccccc2)C(=O)N(CCCn2ccnc2)Cc2ccc(Cl)cc2)cc(OC)c1OC. The van der Waals surface area contributed by atoms with Crippen LogP contribution < -0.4 is 14.2 Å². The third-order valence-electron chi connectivity index (χ3n) is 7.47. The summed E-state index contributed by atoms with van der Waals surface area (Å²) in [6.07, 6.45) is 6.16. The number of nitrogens with zero attached hydrogens (tertiary/aromatic N) is 4. The van der Waals surface area contributed by atoms with Crippen molar-refractivity contribution in [3.05, 3.63) is 107 Å². The molecule has 45 heavy (non-hydrogen) atoms. The van der Waals surface area contributed by atoms with E-state index in [0.29, 0.717) is 36.8 Å². The number of methoxy groups -OCH3 is 3. The fourth-order valence-corrected chi connectivity index (χ4v) is 5.14. The second-order valence-corrected chi connectivity index (χ2v) is 10.8. The molecule has 0 saturated carbocycles. The molecule has 0 aliphatic rings. The van der Waals surface area contributed by atoms with Gasteiger partial charge in [0.15, 0.2) is 11.5 Å². The summed E-state index contributed by atoms with van der Waals surface area (Å²) in [5, 5.41) is 0.592. The highest BCUT2D eigenvalue weighted by molar-refractivity contribution is 6.43. The topological polar surface area (TPSA) is 103 Å². The minimum Gasteiger partial charge on any atom is -0.493 e. The zero-order valence-corrected chi connectivity index (χ0v) is 26.6. The molecule has 0 fully saturated rings. The molecule has 0 N–H and O–H groups in total. The molecule has 236 valence electrons. The van der Waals surface area contributed by atoms with Gasteiger partial charge in [-0.05, 0) is 41.8 Å². The van der Waals surface area contributed by atoms with Crippen LogP contribution in [-0.2, 0) is 29.1 Å². The smallest absolute Gasteiger partial charge is 0.295 e. The lowest BCUT2D eigenvalue weighted by Crippen LogP contribution is -2.52. The molecule has 1 atom stereocenters. The van der Waals surface area contributed by atoms with Crippen LogP contribution in [0.2, 0.25) is 5.02 Å². The summed E-state index contributed by atoms with van der Waals surface area (Å²) in [7, 11) is 5.79. The average molecular weight is 633 g/mol. The van der Waals surface area contributed by atoms with E-state index in [-0.39, 0.29) is 29.4 Å². The molecule has 0 aliphatic carbocycles. The van der Waals surface area contributed by atoms with Gasteiger partial charge in [-0.1, -0.05) is 54.1 Å². The number of aromatic nitrogens is 2. The summed E-state index contributed by atoms with van der Waals surface area (Å²) in [5.74, 6) is -1.18. The van der Waals surface area contributed by atoms with Crippen LogP contribution in [0.25, 0.3) is 0 Å². The van der Waals surface area contributed by atoms with Gasteiger partial charge in [0.1, 0.15) is 6.04 Å². The van der Waals surface area contributed by atoms with Crippen LogP contribution in [-0.4, -0.2) is 77.9 Å². The standard InChI is InChI=1S/C34H37ClN4O6/c1-37(34(42)31(40)26-20-29(43-2)32(45-4)30(21-26)44-3)28(19-24-9-6-5-7-10-24)33(41)39(17-8-16-38-18-15-36-23-38)22-25-11-13-27(35)14-12-25/h5-7,9-15,18,20-21,23,28H,8,16-17,19,22H2,1-4H3/t28-/m0/s1. The first kappa shape index (κ1) is 33.1. The summed E-state index contributed by atoms with van der Waals surface area (Å²) in [5.41, 5.74) is 1.78. The van der Waals surface area contributed by atoms with E-state index < -0.39 is 17.7 Å². The Labute approximate surface area is 268 Å². The number of likely N-dealkylation sites (N-methyl/N-ethyl adjacent to an activating group) is 1. The summed E-state index contributed by atoms with van der Waals surface area (Å²) in [4.78, 5) is 48.9. The fourth-order valence-electron chi connectivity index (χ4n) is 5.02. The Hall–Kier alpha value is -4.83. The molecule has 0 spiro atoms. The van der Waals surface area contributed by atoms with Gasteiger partial charge in [-0.15, -0.1) is 0 Å². The van der Waals surface area contributed by atoms with Crippen molar-refractivity contribution in [1.82, 2.24) is 19.4 Å². The average Bonchev–Trinajstić information content (AvgIpc) is 3.59. The molecule has 4 aromatic rings. The number of halogens is 1. The first-order valence-corrected chi connectivity index (χ1v) is 14.8. The number of ether oxygens (including phenoxy) is 3. The van der Waals surface area contributed by atoms with Gasteiger partial charge in [0.25, 0.3) is 11.7 Å². The number of aryl methyl sites for hydroxylation is 1. The maximum absolute atomic E-state index is 14.4. The van der Waals surface area contributed by atoms with Gasteiger partial charge in [0, 0.05) is 56.1 Å². The molecule has 3 aromatic carbocycles. The Bertz CT molecular complexity index is 1550. The maximum Gasteiger partial charge on any atom is 0.295 e. The predicted octanol–water partition coefficient (Wildman–Crippen LogP) is 4.93. The lowest BCUT2D eigenvalue weighted by atomic mass is 10.0. The Morgan fingerprint density at radius 2 is 1.58 bits per heavy atom. The second-order valence-electron chi connectivity index (χ2n) is 10.4. The molecule has 0 saturated heterocycles. The molecule has 1 heterocycles. The number of Topliss-reactive ketones (excluding diaryl/α,β-unsaturated/α-hetero) is 1. The Morgan fingerprint density at radius 3 is 2.16 bits per heavy atom. The van der Waals surface area contributed by atoms with Gasteiger partial charge < -0.3 is 28.6 Å². The molecule has 11 heteroatoms. The van der Waals surface area contributed by atoms with Gasteiger partial charge in [-0.3, -0.25) is 14.4 Å². The molecule has 2 amide bonds. The minimum atomic E-state index is -0.966. The van der Waals surface area contributed by atoms with Crippen LogP contribution >= 0.6 is 11.6 Å². The fraction of sp³-hybridized carbons (Fsp3) is 0.294. The van der Waals surface area contributed by atoms with E-state index in [1.165, 1.54) is 45.4 Å². The highest BCUT2D eigenvalue weighted by atomic mass is 35.5. The molecular weight excluding hydrogens is 596 g/mol. The Kier molecular flexibility index (Phi) is 11.6. The van der Waals surface area contributed by atoms with E-state index in [1.807, 2.05) is 53.2 Å². The van der Waals surface area contributed by atoms with Gasteiger partial charge in [0.05, 0.1) is 27.7 Å². The van der Waals surface area contributed by atoms with Gasteiger partial charge in [0.2, 0.25) is 11.7 Å². The van der Waals surface area contributed by atoms with Crippen molar-refractivity contribution in [2.75, 3.05) is 34.9 Å². The zero-order valence-electron chi connectivity index (χ0n) is 25.8. The Balaban J connectivity index is 1.65. The molecular formula is C34H37ClN4O6. The summed E-state index contributed by atoms with van der Waals surface area (Å²) >= 11 is 6.12. The Morgan fingerprint density at radius 1 is 0.911 bits per heavy atom. The van der Waals surface area contributed by atoms with Crippen LogP contribution in [0.1, 0.15) is 27.9 Å². The molecule has 4 rings (SSSR count). The monoisotopic (exact) mass is 632 g/mol. The lowest BCUT2D eigenvalue weighted by Gasteiger charge is -2.33. The normalized spacial score (nSPS) is 11.4. The predicted molar refractivity (Wildman–Crippen MR) is 171 cm³/mol. The van der Waals surface area contributed by atoms with E-state index in [0.717, 1.165) is 11.1 Å². The summed E-state index contributed by atoms with van der Waals surface area (Å²) < 4.78 is 18.1. The van der Waals surface area contributed by atoms with E-state index in [9.17, 15) is 14.4 Å². The van der Waals surface area contributed by atoms with Crippen LogP contribution in [0.5, 0.6) is 17.2 Å². The van der Waals surface area contributed by atoms with E-state index in [4.69, 9.17) is 25.8 Å². The van der Waals surface area contributed by atoms with E-state index in [2.05, 4.69) is 4.98 Å². The molecule has 0 radical (unpaired) electrons. The molecule has 10 nitrogen and oxygen atoms in total. The van der Waals surface area contributed by atoms with E-state index >= 15 is 0 Å². The second kappa shape index (κ2) is 15.8. The van der Waals surface area contributed by atoms with Crippen LogP contribution in [0.4, 0.5) is 0 Å². The highest BCUT2D eigenvalue weighted by Crippen LogP contribution is 2.38. The third-order valence-corrected chi connectivity index (χ3v) is 7.72. The van der Waals surface area contributed by atoms with Crippen molar-refractivity contribution in [2.45, 2.75) is 32.0 Å². The first-order valence-electron chi connectivity index (χ1n) is 14.4. The van der Waals surface area contributed by atoms with Gasteiger partial charge >= 0.3 is 0 Å². The molecule has 0 aliphatic heterocycles. The molecule has 0 bridgehead atoms. The first-order chi connectivity index (χ1) is 21.7. The van der Waals surface area contributed by atoms with Gasteiger partial charge in [-0.2, -0.15) is 0 Å². The number of hydrogen-bond acceptors (Lipinski definition) is 7. The van der Waals surface area contributed by atoms with Crippen molar-refractivity contribution in [2.24, 2.45) is 0 Å². The van der Waals surface area contributed by atoms with Crippen molar-refractivity contribution in [1.29, 1.82) is 0 Å². The van der Waals surface area contributed by atoms with E-state index in [1.54, 1.807) is 29.6 Å². The summed E-state index contributed by atoms with van der Waals surface area (Å²) in [6.45, 7) is 1.37. The number of imidazole rings is 1. The third kappa shape index (κ3) is 8.42. The minimum absolute atomic E-state index is 0.0469. The number of ketones is 1. The largest absolute Gasteiger partial charge is 0.493 e. The molecule has 1 aromatic heterocycles. The quantitative estimate of drug-likeness (QED) is 0.135. The number of benzene rings is 3. The van der Waals surface area contributed by atoms with Crippen LogP contribution in [0, 0.1) is 0 Å².